The molecule has 10 heteroatoms. The van der Waals surface area contributed by atoms with Crippen molar-refractivity contribution in [2.24, 2.45) is 0 Å². The number of hydrogen-bond donors (Lipinski definition) is 0. The van der Waals surface area contributed by atoms with Crippen LogP contribution in [0.15, 0.2) is 47.1 Å². The predicted octanol–water partition coefficient (Wildman–Crippen LogP) is 5.06. The molecule has 0 bridgehead atoms. The van der Waals surface area contributed by atoms with Crippen molar-refractivity contribution in [2.75, 3.05) is 26.2 Å². The van der Waals surface area contributed by atoms with Crippen molar-refractivity contribution < 1.29 is 22.4 Å². The van der Waals surface area contributed by atoms with Crippen LogP contribution >= 0.6 is 11.6 Å². The first-order valence-electron chi connectivity index (χ1n) is 9.86. The summed E-state index contributed by atoms with van der Waals surface area (Å²) in [6, 6.07) is 9.48. The molecule has 0 unspecified atom stereocenters. The van der Waals surface area contributed by atoms with Crippen molar-refractivity contribution in [3.8, 4) is 17.1 Å². The summed E-state index contributed by atoms with van der Waals surface area (Å²) in [7, 11) is 0. The molecule has 0 spiro atoms. The fourth-order valence-electron chi connectivity index (χ4n) is 3.44. The van der Waals surface area contributed by atoms with Gasteiger partial charge < -0.3 is 9.26 Å². The smallest absolute Gasteiger partial charge is 0.433 e. The maximum atomic E-state index is 12.7. The highest BCUT2D eigenvalue weighted by Gasteiger charge is 2.32. The Morgan fingerprint density at radius 1 is 1.10 bits per heavy atom. The third kappa shape index (κ3) is 5.54. The molecule has 1 aliphatic rings. The number of alkyl halides is 3. The number of benzene rings is 1. The van der Waals surface area contributed by atoms with E-state index in [9.17, 15) is 13.2 Å². The van der Waals surface area contributed by atoms with Crippen molar-refractivity contribution in [1.29, 1.82) is 0 Å². The van der Waals surface area contributed by atoms with E-state index in [1.165, 1.54) is 6.07 Å². The van der Waals surface area contributed by atoms with Gasteiger partial charge in [0.15, 0.2) is 0 Å². The fourth-order valence-corrected chi connectivity index (χ4v) is 3.57. The second kappa shape index (κ2) is 9.23. The Balaban J connectivity index is 1.26. The van der Waals surface area contributed by atoms with Crippen molar-refractivity contribution >= 4 is 11.6 Å². The zero-order valence-electron chi connectivity index (χ0n) is 16.5. The lowest BCUT2D eigenvalue weighted by molar-refractivity contribution is -0.141. The van der Waals surface area contributed by atoms with E-state index in [1.807, 2.05) is 12.1 Å². The molecular formula is C21H20ClF3N4O2. The standard InChI is InChI=1S/C21H20ClF3N4O2/c22-16-2-4-17(5-3-16)30-12-11-29-9-7-14(8-10-29)20-27-19(28-31-20)15-1-6-18(26-13-15)21(23,24)25/h1-6,13-14H,7-12H2. The monoisotopic (exact) mass is 452 g/mol. The molecule has 31 heavy (non-hydrogen) atoms. The second-order valence-corrected chi connectivity index (χ2v) is 7.74. The minimum Gasteiger partial charge on any atom is -0.492 e. The Kier molecular flexibility index (Phi) is 6.43. The van der Waals surface area contributed by atoms with Crippen LogP contribution in [0.2, 0.25) is 5.02 Å². The molecule has 164 valence electrons. The van der Waals surface area contributed by atoms with Gasteiger partial charge in [0.1, 0.15) is 18.1 Å². The number of likely N-dealkylation sites (tertiary alicyclic amines) is 1. The molecule has 6 nitrogen and oxygen atoms in total. The summed E-state index contributed by atoms with van der Waals surface area (Å²) in [5.41, 5.74) is -0.563. The van der Waals surface area contributed by atoms with Crippen LogP contribution in [-0.2, 0) is 6.18 Å². The first-order valence-corrected chi connectivity index (χ1v) is 10.2. The largest absolute Gasteiger partial charge is 0.492 e. The molecule has 4 rings (SSSR count). The molecule has 1 fully saturated rings. The highest BCUT2D eigenvalue weighted by atomic mass is 35.5. The number of rotatable bonds is 6. The van der Waals surface area contributed by atoms with Gasteiger partial charge in [-0.3, -0.25) is 9.88 Å². The van der Waals surface area contributed by atoms with Gasteiger partial charge in [-0.1, -0.05) is 16.8 Å². The Morgan fingerprint density at radius 2 is 1.84 bits per heavy atom. The summed E-state index contributed by atoms with van der Waals surface area (Å²) < 4.78 is 49.1. The third-order valence-corrected chi connectivity index (χ3v) is 5.43. The van der Waals surface area contributed by atoms with Crippen LogP contribution in [-0.4, -0.2) is 46.3 Å². The van der Waals surface area contributed by atoms with Crippen LogP contribution in [0.5, 0.6) is 5.75 Å². The number of pyridine rings is 1. The number of ether oxygens (including phenoxy) is 1. The van der Waals surface area contributed by atoms with E-state index in [4.69, 9.17) is 20.9 Å². The van der Waals surface area contributed by atoms with Gasteiger partial charge in [0.2, 0.25) is 11.7 Å². The van der Waals surface area contributed by atoms with Gasteiger partial charge in [0.05, 0.1) is 0 Å². The van der Waals surface area contributed by atoms with Gasteiger partial charge >= 0.3 is 6.18 Å². The number of halogens is 4. The van der Waals surface area contributed by atoms with E-state index >= 15 is 0 Å². The zero-order chi connectivity index (χ0) is 21.8. The lowest BCUT2D eigenvalue weighted by Crippen LogP contribution is -2.35. The molecule has 2 aromatic heterocycles. The molecule has 0 amide bonds. The molecule has 0 radical (unpaired) electrons. The maximum Gasteiger partial charge on any atom is 0.433 e. The van der Waals surface area contributed by atoms with E-state index in [1.54, 1.807) is 12.1 Å². The summed E-state index contributed by atoms with van der Waals surface area (Å²) in [5, 5.41) is 4.59. The van der Waals surface area contributed by atoms with Crippen LogP contribution in [0.3, 0.4) is 0 Å². The molecule has 3 heterocycles. The van der Waals surface area contributed by atoms with Crippen molar-refractivity contribution in [3.63, 3.8) is 0 Å². The normalized spacial score (nSPS) is 15.9. The van der Waals surface area contributed by atoms with Crippen LogP contribution < -0.4 is 4.74 Å². The molecule has 0 aliphatic carbocycles. The predicted molar refractivity (Wildman–Crippen MR) is 108 cm³/mol. The van der Waals surface area contributed by atoms with Crippen LogP contribution in [0.1, 0.15) is 30.3 Å². The van der Waals surface area contributed by atoms with Gasteiger partial charge in [-0.25, -0.2) is 0 Å². The number of nitrogens with zero attached hydrogens (tertiary/aromatic N) is 4. The molecule has 3 aromatic rings. The molecule has 1 aromatic carbocycles. The van der Waals surface area contributed by atoms with E-state index < -0.39 is 11.9 Å². The summed E-state index contributed by atoms with van der Waals surface area (Å²) >= 11 is 5.87. The highest BCUT2D eigenvalue weighted by molar-refractivity contribution is 6.30. The quantitative estimate of drug-likeness (QED) is 0.520. The maximum absolute atomic E-state index is 12.7. The van der Waals surface area contributed by atoms with E-state index in [2.05, 4.69) is 20.0 Å². The molecule has 1 saturated heterocycles. The van der Waals surface area contributed by atoms with Gasteiger partial charge in [0, 0.05) is 29.2 Å². The first kappa shape index (κ1) is 21.6. The Morgan fingerprint density at radius 3 is 2.48 bits per heavy atom. The SMILES string of the molecule is FC(F)(F)c1ccc(-c2noc(C3CCN(CCOc4ccc(Cl)cc4)CC3)n2)cn1. The van der Waals surface area contributed by atoms with Gasteiger partial charge in [-0.15, -0.1) is 0 Å². The minimum atomic E-state index is -4.48. The Bertz CT molecular complexity index is 985. The van der Waals surface area contributed by atoms with E-state index in [-0.39, 0.29) is 11.7 Å². The van der Waals surface area contributed by atoms with Crippen LogP contribution in [0, 0.1) is 0 Å². The summed E-state index contributed by atoms with van der Waals surface area (Å²) in [5.74, 6) is 1.66. The fraction of sp³-hybridized carbons (Fsp3) is 0.381. The minimum absolute atomic E-state index is 0.122. The lowest BCUT2D eigenvalue weighted by Gasteiger charge is -2.30. The number of hydrogen-bond acceptors (Lipinski definition) is 6. The Labute approximate surface area is 182 Å². The average molecular weight is 453 g/mol. The number of piperidine rings is 1. The second-order valence-electron chi connectivity index (χ2n) is 7.30. The average Bonchev–Trinajstić information content (AvgIpc) is 3.25. The van der Waals surface area contributed by atoms with Crippen molar-refractivity contribution in [2.45, 2.75) is 24.9 Å². The summed E-state index contributed by atoms with van der Waals surface area (Å²) in [4.78, 5) is 10.1. The van der Waals surface area contributed by atoms with Gasteiger partial charge in [0.25, 0.3) is 0 Å². The van der Waals surface area contributed by atoms with E-state index in [0.29, 0.717) is 23.1 Å². The molecular weight excluding hydrogens is 433 g/mol. The number of aromatic nitrogens is 3. The van der Waals surface area contributed by atoms with Gasteiger partial charge in [-0.05, 0) is 62.3 Å². The van der Waals surface area contributed by atoms with Crippen molar-refractivity contribution in [3.05, 3.63) is 59.2 Å². The third-order valence-electron chi connectivity index (χ3n) is 5.18. The molecule has 0 N–H and O–H groups in total. The summed E-state index contributed by atoms with van der Waals surface area (Å²) in [6.45, 7) is 3.13. The molecule has 1 aliphatic heterocycles. The molecule has 0 atom stereocenters. The zero-order valence-corrected chi connectivity index (χ0v) is 17.2. The topological polar surface area (TPSA) is 64.3 Å². The molecule has 0 saturated carbocycles. The van der Waals surface area contributed by atoms with Crippen molar-refractivity contribution in [1.82, 2.24) is 20.0 Å². The van der Waals surface area contributed by atoms with Crippen LogP contribution in [0.25, 0.3) is 11.4 Å². The van der Waals surface area contributed by atoms with Crippen LogP contribution in [0.4, 0.5) is 13.2 Å². The highest BCUT2D eigenvalue weighted by Crippen LogP contribution is 2.30. The van der Waals surface area contributed by atoms with E-state index in [0.717, 1.165) is 50.5 Å². The first-order chi connectivity index (χ1) is 14.9. The van der Waals surface area contributed by atoms with Gasteiger partial charge in [-0.2, -0.15) is 18.2 Å². The summed E-state index contributed by atoms with van der Waals surface area (Å²) in [6.07, 6.45) is -1.66. The lowest BCUT2D eigenvalue weighted by atomic mass is 9.97. The Hall–Kier alpha value is -2.65.